The molecule has 3 rings (SSSR count). The molecule has 37 heavy (non-hydrogen) atoms. The van der Waals surface area contributed by atoms with E-state index in [1.807, 2.05) is 31.2 Å². The number of amides is 2. The number of carbonyl (C=O) groups is 2. The highest BCUT2D eigenvalue weighted by molar-refractivity contribution is 5.95. The third-order valence-electron chi connectivity index (χ3n) is 6.11. The van der Waals surface area contributed by atoms with Gasteiger partial charge in [-0.15, -0.1) is 0 Å². The fourth-order valence-corrected chi connectivity index (χ4v) is 4.09. The molecule has 0 aliphatic heterocycles. The number of rotatable bonds is 9. The van der Waals surface area contributed by atoms with Crippen LogP contribution >= 0.6 is 0 Å². The minimum absolute atomic E-state index is 0.0156. The molecular formula is C26H27F6N3O2. The Labute approximate surface area is 209 Å². The second-order valence-electron chi connectivity index (χ2n) is 8.82. The van der Waals surface area contributed by atoms with Gasteiger partial charge in [-0.2, -0.15) is 26.3 Å². The monoisotopic (exact) mass is 527 g/mol. The Balaban J connectivity index is 1.95. The summed E-state index contributed by atoms with van der Waals surface area (Å²) in [4.78, 5) is 29.7. The molecule has 0 aliphatic rings. The van der Waals surface area contributed by atoms with Crippen molar-refractivity contribution in [2.75, 3.05) is 13.6 Å². The largest absolute Gasteiger partial charge is 0.416 e. The van der Waals surface area contributed by atoms with Crippen LogP contribution in [-0.4, -0.2) is 41.3 Å². The molecule has 1 aromatic heterocycles. The molecule has 2 aromatic carbocycles. The van der Waals surface area contributed by atoms with E-state index in [4.69, 9.17) is 0 Å². The number of fused-ring (bicyclic) bond motifs is 1. The van der Waals surface area contributed by atoms with Gasteiger partial charge in [-0.25, -0.2) is 0 Å². The van der Waals surface area contributed by atoms with Crippen LogP contribution in [0.2, 0.25) is 0 Å². The lowest BCUT2D eigenvalue weighted by atomic mass is 9.98. The van der Waals surface area contributed by atoms with E-state index in [1.54, 1.807) is 6.20 Å². The number of hydrogen-bond donors (Lipinski definition) is 2. The summed E-state index contributed by atoms with van der Waals surface area (Å²) in [5.74, 6) is -1.26. The van der Waals surface area contributed by atoms with Crippen LogP contribution in [0.3, 0.4) is 0 Å². The molecule has 5 nitrogen and oxygen atoms in total. The highest BCUT2D eigenvalue weighted by Crippen LogP contribution is 2.36. The fraction of sp³-hybridized carbons (Fsp3) is 0.385. The van der Waals surface area contributed by atoms with E-state index in [-0.39, 0.29) is 31.2 Å². The lowest BCUT2D eigenvalue weighted by Gasteiger charge is -2.29. The molecule has 11 heteroatoms. The van der Waals surface area contributed by atoms with Gasteiger partial charge in [0.2, 0.25) is 5.91 Å². The van der Waals surface area contributed by atoms with Gasteiger partial charge in [-0.05, 0) is 49.1 Å². The Morgan fingerprint density at radius 2 is 1.62 bits per heavy atom. The quantitative estimate of drug-likeness (QED) is 0.326. The van der Waals surface area contributed by atoms with Gasteiger partial charge in [0.05, 0.1) is 11.1 Å². The summed E-state index contributed by atoms with van der Waals surface area (Å²) in [7, 11) is 1.32. The number of nitrogens with one attached hydrogen (secondary N) is 2. The van der Waals surface area contributed by atoms with Gasteiger partial charge in [0.1, 0.15) is 0 Å². The highest BCUT2D eigenvalue weighted by atomic mass is 19.4. The second-order valence-corrected chi connectivity index (χ2v) is 8.82. The Morgan fingerprint density at radius 3 is 2.22 bits per heavy atom. The number of likely N-dealkylation sites (N-methyl/N-ethyl adjacent to an activating group) is 1. The fourth-order valence-electron chi connectivity index (χ4n) is 4.09. The molecular weight excluding hydrogens is 500 g/mol. The molecule has 0 spiro atoms. The zero-order chi connectivity index (χ0) is 27.4. The lowest BCUT2D eigenvalue weighted by Crippen LogP contribution is -2.39. The summed E-state index contributed by atoms with van der Waals surface area (Å²) < 4.78 is 80.0. The summed E-state index contributed by atoms with van der Waals surface area (Å²) in [6.45, 7) is 2.35. The zero-order valence-electron chi connectivity index (χ0n) is 20.3. The number of halogens is 6. The number of nitrogens with zero attached hydrogens (tertiary/aromatic N) is 1. The predicted molar refractivity (Wildman–Crippen MR) is 127 cm³/mol. The van der Waals surface area contributed by atoms with Gasteiger partial charge < -0.3 is 15.2 Å². The van der Waals surface area contributed by atoms with Gasteiger partial charge in [0, 0.05) is 48.7 Å². The van der Waals surface area contributed by atoms with Gasteiger partial charge in [0.25, 0.3) is 5.91 Å². The van der Waals surface area contributed by atoms with E-state index in [1.165, 1.54) is 7.05 Å². The second kappa shape index (κ2) is 11.3. The molecule has 1 atom stereocenters. The topological polar surface area (TPSA) is 65.2 Å². The minimum atomic E-state index is -5.07. The first-order valence-electron chi connectivity index (χ1n) is 11.7. The van der Waals surface area contributed by atoms with Gasteiger partial charge in [-0.1, -0.05) is 25.1 Å². The van der Waals surface area contributed by atoms with Crippen molar-refractivity contribution in [1.82, 2.24) is 15.2 Å². The zero-order valence-corrected chi connectivity index (χ0v) is 20.3. The maximum atomic E-state index is 13.3. The molecule has 0 aliphatic carbocycles. The summed E-state index contributed by atoms with van der Waals surface area (Å²) in [5.41, 5.74) is -2.23. The van der Waals surface area contributed by atoms with E-state index in [0.717, 1.165) is 27.8 Å². The first-order chi connectivity index (χ1) is 17.3. The van der Waals surface area contributed by atoms with Gasteiger partial charge in [0.15, 0.2) is 0 Å². The van der Waals surface area contributed by atoms with E-state index >= 15 is 0 Å². The van der Waals surface area contributed by atoms with E-state index in [9.17, 15) is 35.9 Å². The van der Waals surface area contributed by atoms with Crippen LogP contribution < -0.4 is 5.32 Å². The third kappa shape index (κ3) is 7.05. The van der Waals surface area contributed by atoms with Crippen molar-refractivity contribution in [3.63, 3.8) is 0 Å². The number of aromatic amines is 1. The number of benzene rings is 2. The molecule has 1 heterocycles. The first-order valence-corrected chi connectivity index (χ1v) is 11.7. The van der Waals surface area contributed by atoms with Crippen molar-refractivity contribution >= 4 is 22.7 Å². The number of alkyl halides is 6. The predicted octanol–water partition coefficient (Wildman–Crippen LogP) is 6.20. The molecule has 3 aromatic rings. The number of carbonyl (C=O) groups excluding carboxylic acids is 2. The summed E-state index contributed by atoms with van der Waals surface area (Å²) in [6.07, 6.45) is -7.27. The summed E-state index contributed by atoms with van der Waals surface area (Å²) in [5, 5.41) is 3.59. The molecule has 200 valence electrons. The van der Waals surface area contributed by atoms with Crippen molar-refractivity contribution in [1.29, 1.82) is 0 Å². The van der Waals surface area contributed by atoms with Crippen LogP contribution in [0.4, 0.5) is 26.3 Å². The number of H-pyrrole nitrogens is 1. The van der Waals surface area contributed by atoms with Crippen LogP contribution in [0.15, 0.2) is 48.7 Å². The first kappa shape index (κ1) is 28.1. The molecule has 2 amide bonds. The van der Waals surface area contributed by atoms with E-state index in [0.29, 0.717) is 18.7 Å². The van der Waals surface area contributed by atoms with Crippen molar-refractivity contribution in [2.24, 2.45) is 0 Å². The minimum Gasteiger partial charge on any atom is -0.361 e. The lowest BCUT2D eigenvalue weighted by molar-refractivity contribution is -0.143. The average molecular weight is 528 g/mol. The average Bonchev–Trinajstić information content (AvgIpc) is 3.25. The number of hydrogen-bond acceptors (Lipinski definition) is 2. The molecule has 0 radical (unpaired) electrons. The molecule has 0 saturated heterocycles. The molecule has 0 bridgehead atoms. The van der Waals surface area contributed by atoms with E-state index in [2.05, 4.69) is 10.3 Å². The van der Waals surface area contributed by atoms with Crippen molar-refractivity contribution < 1.29 is 35.9 Å². The molecule has 0 saturated carbocycles. The van der Waals surface area contributed by atoms with Gasteiger partial charge >= 0.3 is 12.4 Å². The van der Waals surface area contributed by atoms with Crippen molar-refractivity contribution in [3.8, 4) is 0 Å². The number of para-hydroxylation sites is 1. The SMILES string of the molecule is CCCNC(=O)CCC(Cc1c[nH]c2ccccc12)N(C)C(=O)c1cc(C(F)(F)F)cc(C(F)(F)F)c1. The Kier molecular flexibility index (Phi) is 8.55. The van der Waals surface area contributed by atoms with Crippen LogP contribution in [0, 0.1) is 0 Å². The van der Waals surface area contributed by atoms with E-state index < -0.39 is 41.0 Å². The van der Waals surface area contributed by atoms with Gasteiger partial charge in [-0.3, -0.25) is 9.59 Å². The normalized spacial score (nSPS) is 13.0. The van der Waals surface area contributed by atoms with Crippen LogP contribution in [-0.2, 0) is 23.6 Å². The van der Waals surface area contributed by atoms with Crippen LogP contribution in [0.25, 0.3) is 10.9 Å². The number of aromatic nitrogens is 1. The Morgan fingerprint density at radius 1 is 1.00 bits per heavy atom. The Hall–Kier alpha value is -3.50. The molecule has 0 fully saturated rings. The van der Waals surface area contributed by atoms with Crippen LogP contribution in [0.5, 0.6) is 0 Å². The maximum Gasteiger partial charge on any atom is 0.416 e. The Bertz CT molecular complexity index is 1220. The summed E-state index contributed by atoms with van der Waals surface area (Å²) >= 11 is 0. The summed E-state index contributed by atoms with van der Waals surface area (Å²) in [6, 6.07) is 7.51. The third-order valence-corrected chi connectivity index (χ3v) is 6.11. The molecule has 2 N–H and O–H groups in total. The van der Waals surface area contributed by atoms with Crippen molar-refractivity contribution in [3.05, 3.63) is 70.9 Å². The standard InChI is InChI=1S/C26H27F6N3O2/c1-3-10-33-23(36)9-8-20(13-17-15-34-22-7-5-4-6-21(17)22)35(2)24(37)16-11-18(25(27,28)29)14-19(12-16)26(30,31)32/h4-7,11-12,14-15,20,34H,3,8-10,13H2,1-2H3,(H,33,36). The molecule has 1 unspecified atom stereocenters. The smallest absolute Gasteiger partial charge is 0.361 e. The van der Waals surface area contributed by atoms with Crippen molar-refractivity contribution in [2.45, 2.75) is 51.0 Å². The highest BCUT2D eigenvalue weighted by Gasteiger charge is 2.38. The maximum absolute atomic E-state index is 13.3. The van der Waals surface area contributed by atoms with Crippen LogP contribution in [0.1, 0.15) is 53.2 Å².